The second-order valence-electron chi connectivity index (χ2n) is 4.60. The highest BCUT2D eigenvalue weighted by Crippen LogP contribution is 2.37. The lowest BCUT2D eigenvalue weighted by Gasteiger charge is -2.20. The molecule has 2 aromatic carbocycles. The van der Waals surface area contributed by atoms with Crippen molar-refractivity contribution in [3.63, 3.8) is 0 Å². The van der Waals surface area contributed by atoms with Crippen LogP contribution in [0.1, 0.15) is 24.9 Å². The first-order chi connectivity index (χ1) is 10.1. The van der Waals surface area contributed by atoms with Crippen molar-refractivity contribution in [1.29, 1.82) is 0 Å². The topological polar surface area (TPSA) is 21.3 Å². The molecule has 21 heavy (non-hydrogen) atoms. The van der Waals surface area contributed by atoms with Gasteiger partial charge >= 0.3 is 0 Å². The Balaban J connectivity index is 2.24. The zero-order chi connectivity index (χ0) is 15.4. The van der Waals surface area contributed by atoms with E-state index >= 15 is 0 Å². The molecule has 0 aliphatic carbocycles. The molecule has 0 aliphatic rings. The van der Waals surface area contributed by atoms with Crippen molar-refractivity contribution in [3.05, 3.63) is 56.5 Å². The van der Waals surface area contributed by atoms with Gasteiger partial charge in [0.2, 0.25) is 0 Å². The number of ether oxygens (including phenoxy) is 1. The van der Waals surface area contributed by atoms with Gasteiger partial charge in [0.1, 0.15) is 5.75 Å². The molecule has 0 aliphatic heterocycles. The highest BCUT2D eigenvalue weighted by molar-refractivity contribution is 9.10. The number of halogens is 3. The molecule has 112 valence electrons. The highest BCUT2D eigenvalue weighted by atomic mass is 79.9. The lowest BCUT2D eigenvalue weighted by Crippen LogP contribution is -2.10. The lowest BCUT2D eigenvalue weighted by molar-refractivity contribution is 0.414. The first-order valence-corrected chi connectivity index (χ1v) is 8.15. The Morgan fingerprint density at radius 1 is 1.10 bits per heavy atom. The molecule has 0 amide bonds. The van der Waals surface area contributed by atoms with Crippen LogP contribution in [0.25, 0.3) is 0 Å². The van der Waals surface area contributed by atoms with E-state index < -0.39 is 0 Å². The summed E-state index contributed by atoms with van der Waals surface area (Å²) in [4.78, 5) is 0. The summed E-state index contributed by atoms with van der Waals surface area (Å²) in [7, 11) is 1.66. The minimum Gasteiger partial charge on any atom is -0.497 e. The Kier molecular flexibility index (Phi) is 5.80. The van der Waals surface area contributed by atoms with E-state index in [1.807, 2.05) is 36.4 Å². The van der Waals surface area contributed by atoms with Crippen LogP contribution in [0.15, 0.2) is 40.9 Å². The quantitative estimate of drug-likeness (QED) is 0.604. The molecule has 5 heteroatoms. The summed E-state index contributed by atoms with van der Waals surface area (Å²) in [6, 6.07) is 12.0. The van der Waals surface area contributed by atoms with E-state index in [2.05, 4.69) is 28.2 Å². The van der Waals surface area contributed by atoms with Crippen LogP contribution in [0.2, 0.25) is 10.0 Å². The molecule has 2 nitrogen and oxygen atoms in total. The van der Waals surface area contributed by atoms with Crippen LogP contribution >= 0.6 is 39.1 Å². The molecule has 0 fully saturated rings. The summed E-state index contributed by atoms with van der Waals surface area (Å²) in [6.07, 6.45) is 0.927. The third-order valence-electron chi connectivity index (χ3n) is 3.29. The first-order valence-electron chi connectivity index (χ1n) is 6.60. The van der Waals surface area contributed by atoms with Crippen LogP contribution in [-0.4, -0.2) is 7.11 Å². The molecule has 1 atom stereocenters. The average Bonchev–Trinajstić information content (AvgIpc) is 2.52. The summed E-state index contributed by atoms with van der Waals surface area (Å²) in [5.74, 6) is 0.846. The molecule has 0 saturated heterocycles. The normalized spacial score (nSPS) is 12.0. The van der Waals surface area contributed by atoms with Gasteiger partial charge in [-0.3, -0.25) is 0 Å². The van der Waals surface area contributed by atoms with Crippen LogP contribution in [0.5, 0.6) is 5.75 Å². The maximum atomic E-state index is 6.29. The molecule has 0 bridgehead atoms. The molecule has 2 rings (SSSR count). The number of rotatable bonds is 5. The highest BCUT2D eigenvalue weighted by Gasteiger charge is 2.14. The molecule has 0 saturated carbocycles. The van der Waals surface area contributed by atoms with E-state index in [1.54, 1.807) is 7.11 Å². The van der Waals surface area contributed by atoms with Gasteiger partial charge in [-0.2, -0.15) is 0 Å². The summed E-state index contributed by atoms with van der Waals surface area (Å²) < 4.78 is 5.97. The Labute approximate surface area is 143 Å². The second kappa shape index (κ2) is 7.39. The number of methoxy groups -OCH3 is 1. The third kappa shape index (κ3) is 3.85. The van der Waals surface area contributed by atoms with E-state index in [9.17, 15) is 0 Å². The maximum absolute atomic E-state index is 6.29. The van der Waals surface area contributed by atoms with E-state index in [0.717, 1.165) is 22.3 Å². The van der Waals surface area contributed by atoms with Gasteiger partial charge in [0.25, 0.3) is 0 Å². The Bertz CT molecular complexity index is 616. The molecule has 0 heterocycles. The predicted octanol–water partition coefficient (Wildman–Crippen LogP) is 6.33. The fourth-order valence-electron chi connectivity index (χ4n) is 2.08. The standard InChI is InChI=1S/C16H16BrCl2NO/c1-3-13(10-4-6-11(21-2)7-5-10)20-14-9-8-12(17)15(18)16(14)19/h4-9,13,20H,3H2,1-2H3. The Hall–Kier alpha value is -0.900. The van der Waals surface area contributed by atoms with Crippen molar-refractivity contribution in [1.82, 2.24) is 0 Å². The summed E-state index contributed by atoms with van der Waals surface area (Å²) in [6.45, 7) is 2.12. The van der Waals surface area contributed by atoms with Gasteiger partial charge in [-0.1, -0.05) is 42.3 Å². The average molecular weight is 389 g/mol. The fourth-order valence-corrected chi connectivity index (χ4v) is 2.91. The number of nitrogens with one attached hydrogen (secondary N) is 1. The second-order valence-corrected chi connectivity index (χ2v) is 6.21. The number of benzene rings is 2. The zero-order valence-electron chi connectivity index (χ0n) is 11.8. The molecular weight excluding hydrogens is 373 g/mol. The van der Waals surface area contributed by atoms with Gasteiger partial charge in [0, 0.05) is 4.47 Å². The molecule has 1 unspecified atom stereocenters. The van der Waals surface area contributed by atoms with Crippen LogP contribution in [0, 0.1) is 0 Å². The zero-order valence-corrected chi connectivity index (χ0v) is 14.9. The van der Waals surface area contributed by atoms with Crippen molar-refractivity contribution >= 4 is 44.8 Å². The van der Waals surface area contributed by atoms with Gasteiger partial charge in [-0.05, 0) is 52.2 Å². The van der Waals surface area contributed by atoms with Gasteiger partial charge < -0.3 is 10.1 Å². The summed E-state index contributed by atoms with van der Waals surface area (Å²) in [5.41, 5.74) is 2.00. The van der Waals surface area contributed by atoms with Crippen LogP contribution < -0.4 is 10.1 Å². The van der Waals surface area contributed by atoms with E-state index in [-0.39, 0.29) is 6.04 Å². The SMILES string of the molecule is CCC(Nc1ccc(Br)c(Cl)c1Cl)c1ccc(OC)cc1. The van der Waals surface area contributed by atoms with Crippen molar-refractivity contribution in [2.24, 2.45) is 0 Å². The largest absolute Gasteiger partial charge is 0.497 e. The molecule has 0 radical (unpaired) electrons. The minimum absolute atomic E-state index is 0.158. The number of anilines is 1. The molecule has 0 spiro atoms. The molecule has 2 aromatic rings. The van der Waals surface area contributed by atoms with Crippen molar-refractivity contribution < 1.29 is 4.74 Å². The van der Waals surface area contributed by atoms with Gasteiger partial charge in [-0.15, -0.1) is 0 Å². The van der Waals surface area contributed by atoms with E-state index in [0.29, 0.717) is 10.0 Å². The van der Waals surface area contributed by atoms with Crippen LogP contribution in [0.4, 0.5) is 5.69 Å². The van der Waals surface area contributed by atoms with E-state index in [4.69, 9.17) is 27.9 Å². The summed E-state index contributed by atoms with van der Waals surface area (Å²) >= 11 is 15.8. The monoisotopic (exact) mass is 387 g/mol. The lowest BCUT2D eigenvalue weighted by atomic mass is 10.0. The van der Waals surface area contributed by atoms with E-state index in [1.165, 1.54) is 5.56 Å². The molecule has 0 aromatic heterocycles. The Morgan fingerprint density at radius 3 is 2.33 bits per heavy atom. The van der Waals surface area contributed by atoms with Crippen molar-refractivity contribution in [2.75, 3.05) is 12.4 Å². The summed E-state index contributed by atoms with van der Waals surface area (Å²) in [5, 5.41) is 4.49. The van der Waals surface area contributed by atoms with Crippen LogP contribution in [0.3, 0.4) is 0 Å². The fraction of sp³-hybridized carbons (Fsp3) is 0.250. The molecule has 1 N–H and O–H groups in total. The minimum atomic E-state index is 0.158. The third-order valence-corrected chi connectivity index (χ3v) is 5.06. The number of hydrogen-bond donors (Lipinski definition) is 1. The predicted molar refractivity (Wildman–Crippen MR) is 93.8 cm³/mol. The van der Waals surface area contributed by atoms with Crippen molar-refractivity contribution in [3.8, 4) is 5.75 Å². The van der Waals surface area contributed by atoms with Gasteiger partial charge in [0.15, 0.2) is 0 Å². The maximum Gasteiger partial charge on any atom is 0.118 e. The van der Waals surface area contributed by atoms with Gasteiger partial charge in [-0.25, -0.2) is 0 Å². The first kappa shape index (κ1) is 16.5. The van der Waals surface area contributed by atoms with Crippen LogP contribution in [-0.2, 0) is 0 Å². The molecular formula is C16H16BrCl2NO. The smallest absolute Gasteiger partial charge is 0.118 e. The number of hydrogen-bond acceptors (Lipinski definition) is 2. The van der Waals surface area contributed by atoms with Crippen molar-refractivity contribution in [2.45, 2.75) is 19.4 Å². The Morgan fingerprint density at radius 2 is 1.76 bits per heavy atom. The van der Waals surface area contributed by atoms with Gasteiger partial charge in [0.05, 0.1) is 28.9 Å².